The Hall–Kier alpha value is -2.69. The summed E-state index contributed by atoms with van der Waals surface area (Å²) in [6.07, 6.45) is 0.391. The molecule has 0 unspecified atom stereocenters. The van der Waals surface area contributed by atoms with Crippen molar-refractivity contribution < 1.29 is 18.7 Å². The molecule has 4 nitrogen and oxygen atoms in total. The highest BCUT2D eigenvalue weighted by atomic mass is 19.1. The number of carbonyl (C=O) groups is 2. The second-order valence-electron chi connectivity index (χ2n) is 3.76. The van der Waals surface area contributed by atoms with Crippen LogP contribution in [0.3, 0.4) is 0 Å². The largest absolute Gasteiger partial charge is 0.457 e. The van der Waals surface area contributed by atoms with Crippen LogP contribution in [0.4, 0.5) is 4.39 Å². The van der Waals surface area contributed by atoms with Gasteiger partial charge in [0.25, 0.3) is 0 Å². The third-order valence-electron chi connectivity index (χ3n) is 2.50. The van der Waals surface area contributed by atoms with Crippen LogP contribution in [0.15, 0.2) is 42.5 Å². The normalized spacial score (nSPS) is 9.95. The molecule has 19 heavy (non-hydrogen) atoms. The molecule has 0 saturated carbocycles. The first-order chi connectivity index (χ1) is 9.11. The van der Waals surface area contributed by atoms with E-state index in [-0.39, 0.29) is 11.3 Å². The van der Waals surface area contributed by atoms with Crippen LogP contribution in [0, 0.1) is 5.82 Å². The van der Waals surface area contributed by atoms with Gasteiger partial charge in [-0.3, -0.25) is 9.59 Å². The van der Waals surface area contributed by atoms with Crippen LogP contribution in [-0.4, -0.2) is 12.2 Å². The van der Waals surface area contributed by atoms with Crippen LogP contribution in [0.2, 0.25) is 0 Å². The molecule has 1 amide bonds. The Morgan fingerprint density at radius 1 is 1.16 bits per heavy atom. The van der Waals surface area contributed by atoms with E-state index in [9.17, 15) is 14.0 Å². The van der Waals surface area contributed by atoms with Crippen molar-refractivity contribution in [2.45, 2.75) is 0 Å². The Bertz CT molecular complexity index is 623. The van der Waals surface area contributed by atoms with E-state index in [2.05, 4.69) is 0 Å². The molecular weight excluding hydrogens is 249 g/mol. The monoisotopic (exact) mass is 259 g/mol. The zero-order chi connectivity index (χ0) is 13.8. The molecule has 0 aliphatic carbocycles. The Labute approximate surface area is 108 Å². The molecule has 5 heteroatoms. The molecule has 2 N–H and O–H groups in total. The SMILES string of the molecule is NC(=O)c1ccc(Oc2cccc(F)c2C=O)cc1. The van der Waals surface area contributed by atoms with Crippen molar-refractivity contribution in [3.05, 3.63) is 59.4 Å². The summed E-state index contributed by atoms with van der Waals surface area (Å²) in [7, 11) is 0. The lowest BCUT2D eigenvalue weighted by Gasteiger charge is -2.08. The number of ether oxygens (including phenoxy) is 1. The lowest BCUT2D eigenvalue weighted by Crippen LogP contribution is -2.10. The fraction of sp³-hybridized carbons (Fsp3) is 0. The molecule has 0 fully saturated rings. The summed E-state index contributed by atoms with van der Waals surface area (Å²) in [5.74, 6) is -0.715. The van der Waals surface area contributed by atoms with E-state index in [0.29, 0.717) is 17.6 Å². The molecule has 0 heterocycles. The van der Waals surface area contributed by atoms with Crippen LogP contribution in [0.25, 0.3) is 0 Å². The second-order valence-corrected chi connectivity index (χ2v) is 3.76. The molecule has 2 aromatic rings. The van der Waals surface area contributed by atoms with Crippen molar-refractivity contribution in [2.24, 2.45) is 5.73 Å². The highest BCUT2D eigenvalue weighted by Crippen LogP contribution is 2.26. The number of hydrogen-bond acceptors (Lipinski definition) is 3. The topological polar surface area (TPSA) is 69.4 Å². The Balaban J connectivity index is 2.28. The molecule has 0 aromatic heterocycles. The van der Waals surface area contributed by atoms with Crippen LogP contribution in [0.5, 0.6) is 11.5 Å². The van der Waals surface area contributed by atoms with Crippen LogP contribution < -0.4 is 10.5 Å². The number of halogens is 1. The van der Waals surface area contributed by atoms with E-state index in [0.717, 1.165) is 0 Å². The molecular formula is C14H10FNO3. The molecule has 0 atom stereocenters. The summed E-state index contributed by atoms with van der Waals surface area (Å²) in [6, 6.07) is 10.1. The van der Waals surface area contributed by atoms with Gasteiger partial charge in [-0.2, -0.15) is 0 Å². The number of amides is 1. The first-order valence-corrected chi connectivity index (χ1v) is 5.43. The molecule has 0 spiro atoms. The second kappa shape index (κ2) is 5.30. The van der Waals surface area contributed by atoms with E-state index in [1.54, 1.807) is 0 Å². The molecule has 2 aromatic carbocycles. The lowest BCUT2D eigenvalue weighted by atomic mass is 10.2. The minimum Gasteiger partial charge on any atom is -0.457 e. The number of nitrogens with two attached hydrogens (primary N) is 1. The zero-order valence-electron chi connectivity index (χ0n) is 9.80. The van der Waals surface area contributed by atoms with Gasteiger partial charge in [0.05, 0.1) is 5.56 Å². The van der Waals surface area contributed by atoms with Crippen molar-refractivity contribution in [2.75, 3.05) is 0 Å². The fourth-order valence-electron chi connectivity index (χ4n) is 1.53. The van der Waals surface area contributed by atoms with Crippen LogP contribution in [0.1, 0.15) is 20.7 Å². The van der Waals surface area contributed by atoms with Gasteiger partial charge in [0.2, 0.25) is 5.91 Å². The minimum atomic E-state index is -0.652. The molecule has 96 valence electrons. The predicted octanol–water partition coefficient (Wildman–Crippen LogP) is 2.53. The summed E-state index contributed by atoms with van der Waals surface area (Å²) in [6.45, 7) is 0. The summed E-state index contributed by atoms with van der Waals surface area (Å²) in [5, 5.41) is 0. The minimum absolute atomic E-state index is 0.113. The van der Waals surface area contributed by atoms with E-state index >= 15 is 0 Å². The maximum absolute atomic E-state index is 13.4. The quantitative estimate of drug-likeness (QED) is 0.858. The van der Waals surface area contributed by atoms with Gasteiger partial charge in [0.15, 0.2) is 6.29 Å². The zero-order valence-corrected chi connectivity index (χ0v) is 9.80. The Morgan fingerprint density at radius 2 is 1.84 bits per heavy atom. The molecule has 0 bridgehead atoms. The van der Waals surface area contributed by atoms with Gasteiger partial charge >= 0.3 is 0 Å². The summed E-state index contributed by atoms with van der Waals surface area (Å²) < 4.78 is 18.7. The summed E-state index contributed by atoms with van der Waals surface area (Å²) in [5.41, 5.74) is 5.29. The van der Waals surface area contributed by atoms with Crippen LogP contribution >= 0.6 is 0 Å². The Kier molecular flexibility index (Phi) is 3.56. The van der Waals surface area contributed by atoms with Gasteiger partial charge in [-0.05, 0) is 36.4 Å². The van der Waals surface area contributed by atoms with Gasteiger partial charge in [-0.25, -0.2) is 4.39 Å². The first kappa shape index (κ1) is 12.8. The number of rotatable bonds is 4. The lowest BCUT2D eigenvalue weighted by molar-refractivity contribution is 0.1000. The number of aldehydes is 1. The van der Waals surface area contributed by atoms with E-state index in [4.69, 9.17) is 10.5 Å². The molecule has 2 rings (SSSR count). The van der Waals surface area contributed by atoms with Crippen LogP contribution in [-0.2, 0) is 0 Å². The van der Waals surface area contributed by atoms with Gasteiger partial charge in [0, 0.05) is 5.56 Å². The molecule has 0 aliphatic heterocycles. The molecule has 0 saturated heterocycles. The number of benzene rings is 2. The summed E-state index contributed by atoms with van der Waals surface area (Å²) in [4.78, 5) is 21.7. The van der Waals surface area contributed by atoms with Crippen molar-refractivity contribution in [1.82, 2.24) is 0 Å². The Morgan fingerprint density at radius 3 is 2.42 bits per heavy atom. The van der Waals surface area contributed by atoms with E-state index in [1.807, 2.05) is 0 Å². The van der Waals surface area contributed by atoms with E-state index in [1.165, 1.54) is 42.5 Å². The number of primary amides is 1. The first-order valence-electron chi connectivity index (χ1n) is 5.43. The van der Waals surface area contributed by atoms with Crippen molar-refractivity contribution >= 4 is 12.2 Å². The number of carbonyl (C=O) groups excluding carboxylic acids is 2. The van der Waals surface area contributed by atoms with Gasteiger partial charge < -0.3 is 10.5 Å². The maximum Gasteiger partial charge on any atom is 0.248 e. The highest BCUT2D eigenvalue weighted by Gasteiger charge is 2.09. The fourth-order valence-corrected chi connectivity index (χ4v) is 1.53. The summed E-state index contributed by atoms with van der Waals surface area (Å²) >= 11 is 0. The predicted molar refractivity (Wildman–Crippen MR) is 66.8 cm³/mol. The standard InChI is InChI=1S/C14H10FNO3/c15-12-2-1-3-13(11(12)8-17)19-10-6-4-9(5-7-10)14(16)18/h1-8H,(H2,16,18). The van der Waals surface area contributed by atoms with E-state index < -0.39 is 11.7 Å². The van der Waals surface area contributed by atoms with Gasteiger partial charge in [-0.1, -0.05) is 6.07 Å². The molecule has 0 aliphatic rings. The third kappa shape index (κ3) is 2.77. The molecule has 0 radical (unpaired) electrons. The highest BCUT2D eigenvalue weighted by molar-refractivity contribution is 5.92. The van der Waals surface area contributed by atoms with Crippen molar-refractivity contribution in [1.29, 1.82) is 0 Å². The average Bonchev–Trinajstić information content (AvgIpc) is 2.39. The number of hydrogen-bond donors (Lipinski definition) is 1. The van der Waals surface area contributed by atoms with Crippen molar-refractivity contribution in [3.63, 3.8) is 0 Å². The van der Waals surface area contributed by atoms with Gasteiger partial charge in [-0.15, -0.1) is 0 Å². The third-order valence-corrected chi connectivity index (χ3v) is 2.50. The smallest absolute Gasteiger partial charge is 0.248 e. The van der Waals surface area contributed by atoms with Crippen molar-refractivity contribution in [3.8, 4) is 11.5 Å². The maximum atomic E-state index is 13.4. The van der Waals surface area contributed by atoms with Gasteiger partial charge in [0.1, 0.15) is 17.3 Å². The average molecular weight is 259 g/mol.